The van der Waals surface area contributed by atoms with Crippen molar-refractivity contribution in [3.8, 4) is 11.4 Å². The van der Waals surface area contributed by atoms with Crippen molar-refractivity contribution < 1.29 is 14.3 Å². The van der Waals surface area contributed by atoms with Crippen molar-refractivity contribution in [3.05, 3.63) is 35.2 Å². The van der Waals surface area contributed by atoms with Gasteiger partial charge in [0.2, 0.25) is 0 Å². The molecule has 1 amide bonds. The van der Waals surface area contributed by atoms with Crippen LogP contribution < -0.4 is 15.4 Å². The summed E-state index contributed by atoms with van der Waals surface area (Å²) in [6, 6.07) is 5.70. The van der Waals surface area contributed by atoms with Crippen molar-refractivity contribution in [2.45, 2.75) is 11.0 Å². The molecule has 9 nitrogen and oxygen atoms in total. The van der Waals surface area contributed by atoms with Gasteiger partial charge >= 0.3 is 0 Å². The summed E-state index contributed by atoms with van der Waals surface area (Å²) in [5.41, 5.74) is 2.72. The summed E-state index contributed by atoms with van der Waals surface area (Å²) >= 11 is 7.98. The van der Waals surface area contributed by atoms with Crippen LogP contribution in [0.25, 0.3) is 16.6 Å². The lowest BCUT2D eigenvalue weighted by molar-refractivity contribution is -0.0175. The number of fused-ring (bicyclic) bond motifs is 2. The average Bonchev–Trinajstić information content (AvgIpc) is 3.20. The van der Waals surface area contributed by atoms with E-state index in [0.29, 0.717) is 35.0 Å². The van der Waals surface area contributed by atoms with Crippen LogP contribution in [0.3, 0.4) is 0 Å². The zero-order valence-corrected chi connectivity index (χ0v) is 20.0. The molecule has 0 bridgehead atoms. The normalized spacial score (nSPS) is 18.6. The SMILES string of the molecule is COc1cc2c(cc1-n1nc(C(=O)NC[C@@H]3CN(C)CCO3)c3cnc(Cl)cc31)SCCN2. The number of anilines is 1. The van der Waals surface area contributed by atoms with E-state index in [2.05, 4.69) is 25.6 Å². The maximum absolute atomic E-state index is 13.1. The number of hydrogen-bond donors (Lipinski definition) is 2. The number of halogens is 1. The number of aromatic nitrogens is 3. The van der Waals surface area contributed by atoms with Crippen molar-refractivity contribution in [3.63, 3.8) is 0 Å². The zero-order chi connectivity index (χ0) is 22.9. The van der Waals surface area contributed by atoms with E-state index < -0.39 is 0 Å². The van der Waals surface area contributed by atoms with Crippen molar-refractivity contribution in [1.82, 2.24) is 25.0 Å². The van der Waals surface area contributed by atoms with Gasteiger partial charge in [0.25, 0.3) is 5.91 Å². The molecule has 4 heterocycles. The first-order valence-corrected chi connectivity index (χ1v) is 12.1. The van der Waals surface area contributed by atoms with Gasteiger partial charge < -0.3 is 25.0 Å². The van der Waals surface area contributed by atoms with Crippen molar-refractivity contribution in [2.75, 3.05) is 58.0 Å². The lowest BCUT2D eigenvalue weighted by atomic mass is 10.2. The van der Waals surface area contributed by atoms with E-state index in [1.165, 1.54) is 0 Å². The van der Waals surface area contributed by atoms with Gasteiger partial charge in [-0.3, -0.25) is 4.79 Å². The Bertz CT molecular complexity index is 1200. The quantitative estimate of drug-likeness (QED) is 0.529. The molecular weight excluding hydrogens is 464 g/mol. The number of nitrogens with one attached hydrogen (secondary N) is 2. The van der Waals surface area contributed by atoms with Crippen LogP contribution in [-0.4, -0.2) is 84.4 Å². The zero-order valence-electron chi connectivity index (χ0n) is 18.4. The molecule has 1 atom stereocenters. The number of rotatable bonds is 5. The number of carbonyl (C=O) groups is 1. The Morgan fingerprint density at radius 2 is 2.30 bits per heavy atom. The van der Waals surface area contributed by atoms with E-state index in [1.807, 2.05) is 19.2 Å². The molecule has 1 saturated heterocycles. The van der Waals surface area contributed by atoms with Gasteiger partial charge in [0.15, 0.2) is 5.69 Å². The number of morpholine rings is 1. The Hall–Kier alpha value is -2.53. The molecule has 0 aliphatic carbocycles. The third-order valence-corrected chi connectivity index (χ3v) is 7.03. The minimum atomic E-state index is -0.285. The number of ether oxygens (including phenoxy) is 2. The molecule has 174 valence electrons. The minimum Gasteiger partial charge on any atom is -0.494 e. The fraction of sp³-hybridized carbons (Fsp3) is 0.409. The van der Waals surface area contributed by atoms with Crippen LogP contribution in [0, 0.1) is 0 Å². The summed E-state index contributed by atoms with van der Waals surface area (Å²) < 4.78 is 13.1. The number of carbonyl (C=O) groups excluding carboxylic acids is 1. The highest BCUT2D eigenvalue weighted by atomic mass is 35.5. The molecule has 2 aliphatic heterocycles. The number of benzene rings is 1. The van der Waals surface area contributed by atoms with Gasteiger partial charge in [-0.25, -0.2) is 9.67 Å². The molecule has 2 N–H and O–H groups in total. The second kappa shape index (κ2) is 9.38. The molecule has 3 aromatic rings. The van der Waals surface area contributed by atoms with Crippen LogP contribution in [0.5, 0.6) is 5.75 Å². The van der Waals surface area contributed by atoms with Crippen LogP contribution in [0.4, 0.5) is 5.69 Å². The molecule has 1 fully saturated rings. The number of hydrogen-bond acceptors (Lipinski definition) is 8. The molecule has 0 radical (unpaired) electrons. The van der Waals surface area contributed by atoms with E-state index in [-0.39, 0.29) is 17.7 Å². The molecule has 0 unspecified atom stereocenters. The van der Waals surface area contributed by atoms with Gasteiger partial charge in [0.05, 0.1) is 36.4 Å². The number of methoxy groups -OCH3 is 1. The molecule has 2 aromatic heterocycles. The molecule has 0 saturated carbocycles. The highest BCUT2D eigenvalue weighted by Gasteiger charge is 2.24. The third-order valence-electron chi connectivity index (χ3n) is 5.76. The van der Waals surface area contributed by atoms with Gasteiger partial charge in [-0.15, -0.1) is 11.8 Å². The smallest absolute Gasteiger partial charge is 0.272 e. The van der Waals surface area contributed by atoms with E-state index in [9.17, 15) is 4.79 Å². The van der Waals surface area contributed by atoms with Crippen LogP contribution >= 0.6 is 23.4 Å². The van der Waals surface area contributed by atoms with Gasteiger partial charge in [-0.1, -0.05) is 11.6 Å². The molecular formula is C22H25ClN6O3S. The Morgan fingerprint density at radius 1 is 1.42 bits per heavy atom. The number of amides is 1. The second-order valence-corrected chi connectivity index (χ2v) is 9.57. The van der Waals surface area contributed by atoms with Crippen LogP contribution in [-0.2, 0) is 4.74 Å². The fourth-order valence-electron chi connectivity index (χ4n) is 4.10. The first-order chi connectivity index (χ1) is 16.0. The standard InChI is InChI=1S/C22H25ClN6O3S/c1-28-4-5-32-13(12-28)10-26-22(30)21-14-11-25-20(23)9-16(14)29(27-21)17-8-19-15(7-18(17)31-2)24-3-6-33-19/h7-9,11,13,24H,3-6,10,12H2,1-2H3,(H,26,30)/t13-/m1/s1. The van der Waals surface area contributed by atoms with E-state index in [4.69, 9.17) is 21.1 Å². The van der Waals surface area contributed by atoms with E-state index >= 15 is 0 Å². The molecule has 33 heavy (non-hydrogen) atoms. The topological polar surface area (TPSA) is 93.5 Å². The number of nitrogens with zero attached hydrogens (tertiary/aromatic N) is 4. The molecule has 1 aromatic carbocycles. The minimum absolute atomic E-state index is 0.0566. The van der Waals surface area contributed by atoms with Crippen LogP contribution in [0.1, 0.15) is 10.5 Å². The summed E-state index contributed by atoms with van der Waals surface area (Å²) in [6.07, 6.45) is 1.53. The average molecular weight is 489 g/mol. The number of pyridine rings is 1. The van der Waals surface area contributed by atoms with Crippen LogP contribution in [0.15, 0.2) is 29.3 Å². The maximum Gasteiger partial charge on any atom is 0.272 e. The lowest BCUT2D eigenvalue weighted by Gasteiger charge is -2.29. The monoisotopic (exact) mass is 488 g/mol. The Labute approximate surface area is 200 Å². The number of likely N-dealkylation sites (N-methyl/N-ethyl adjacent to an activating group) is 1. The van der Waals surface area contributed by atoms with Gasteiger partial charge in [-0.05, 0) is 13.1 Å². The third kappa shape index (κ3) is 4.48. The van der Waals surface area contributed by atoms with Crippen LogP contribution in [0.2, 0.25) is 5.15 Å². The Balaban J connectivity index is 1.52. The number of thioether (sulfide) groups is 1. The largest absolute Gasteiger partial charge is 0.494 e. The molecule has 0 spiro atoms. The van der Waals surface area contributed by atoms with Gasteiger partial charge in [0, 0.05) is 55.2 Å². The van der Waals surface area contributed by atoms with Crippen molar-refractivity contribution in [1.29, 1.82) is 0 Å². The van der Waals surface area contributed by atoms with Gasteiger partial charge in [0.1, 0.15) is 16.6 Å². The summed E-state index contributed by atoms with van der Waals surface area (Å²) in [4.78, 5) is 20.6. The fourth-order valence-corrected chi connectivity index (χ4v) is 5.16. The summed E-state index contributed by atoms with van der Waals surface area (Å²) in [5.74, 6) is 1.33. The highest BCUT2D eigenvalue weighted by molar-refractivity contribution is 7.99. The first-order valence-electron chi connectivity index (χ1n) is 10.7. The Kier molecular flexibility index (Phi) is 6.33. The van der Waals surface area contributed by atoms with E-state index in [1.54, 1.807) is 35.8 Å². The summed E-state index contributed by atoms with van der Waals surface area (Å²) in [7, 11) is 3.66. The summed E-state index contributed by atoms with van der Waals surface area (Å²) in [5, 5.41) is 12.0. The second-order valence-electron chi connectivity index (χ2n) is 8.05. The molecule has 11 heteroatoms. The van der Waals surface area contributed by atoms with Crippen molar-refractivity contribution >= 4 is 45.9 Å². The predicted octanol–water partition coefficient (Wildman–Crippen LogP) is 2.66. The van der Waals surface area contributed by atoms with E-state index in [0.717, 1.165) is 41.7 Å². The first kappa shape index (κ1) is 22.3. The van der Waals surface area contributed by atoms with Crippen molar-refractivity contribution in [2.24, 2.45) is 0 Å². The summed E-state index contributed by atoms with van der Waals surface area (Å²) in [6.45, 7) is 3.62. The molecule has 2 aliphatic rings. The highest BCUT2D eigenvalue weighted by Crippen LogP contribution is 2.39. The predicted molar refractivity (Wildman–Crippen MR) is 129 cm³/mol. The molecule has 5 rings (SSSR count). The Morgan fingerprint density at radius 3 is 3.12 bits per heavy atom. The maximum atomic E-state index is 13.1. The lowest BCUT2D eigenvalue weighted by Crippen LogP contribution is -2.46. The van der Waals surface area contributed by atoms with Gasteiger partial charge in [-0.2, -0.15) is 5.10 Å².